The third-order valence-corrected chi connectivity index (χ3v) is 5.91. The summed E-state index contributed by atoms with van der Waals surface area (Å²) in [5, 5.41) is 8.88. The van der Waals surface area contributed by atoms with E-state index in [-0.39, 0.29) is 11.2 Å². The van der Waals surface area contributed by atoms with Gasteiger partial charge in [-0.15, -0.1) is 10.2 Å². The number of carbonyl (C=O) groups is 1. The molecule has 5 nitrogen and oxygen atoms in total. The molecule has 1 heterocycles. The highest BCUT2D eigenvalue weighted by atomic mass is 32.2. The maximum Gasteiger partial charge on any atom is 0.236 e. The normalized spacial score (nSPS) is 14.6. The van der Waals surface area contributed by atoms with Gasteiger partial charge in [-0.25, -0.2) is 0 Å². The van der Waals surface area contributed by atoms with Crippen molar-refractivity contribution in [3.63, 3.8) is 0 Å². The Balaban J connectivity index is 1.50. The summed E-state index contributed by atoms with van der Waals surface area (Å²) >= 11 is 1.50. The molecule has 1 saturated carbocycles. The molecule has 1 aromatic heterocycles. The first-order valence-electron chi connectivity index (χ1n) is 9.63. The molecule has 0 aliphatic heterocycles. The van der Waals surface area contributed by atoms with Crippen molar-refractivity contribution in [2.45, 2.75) is 49.3 Å². The lowest BCUT2D eigenvalue weighted by Crippen LogP contribution is -2.35. The van der Waals surface area contributed by atoms with Crippen LogP contribution >= 0.6 is 11.8 Å². The minimum atomic E-state index is -0.228. The molecule has 3 aromatic rings. The van der Waals surface area contributed by atoms with Crippen molar-refractivity contribution in [3.8, 4) is 0 Å². The Morgan fingerprint density at radius 1 is 1.07 bits per heavy atom. The fraction of sp³-hybridized carbons (Fsp3) is 0.318. The molecule has 1 amide bonds. The number of thioether (sulfide) groups is 1. The molecule has 1 aliphatic rings. The Morgan fingerprint density at radius 3 is 2.18 bits per heavy atom. The number of nitrogens with zero attached hydrogens (tertiary/aromatic N) is 4. The second-order valence-corrected chi connectivity index (χ2v) is 8.49. The fourth-order valence-electron chi connectivity index (χ4n) is 3.20. The van der Waals surface area contributed by atoms with Gasteiger partial charge < -0.3 is 9.47 Å². The average Bonchev–Trinajstić information content (AvgIpc) is 3.47. The molecule has 28 heavy (non-hydrogen) atoms. The minimum absolute atomic E-state index is 0.114. The Labute approximate surface area is 169 Å². The van der Waals surface area contributed by atoms with E-state index in [4.69, 9.17) is 0 Å². The van der Waals surface area contributed by atoms with E-state index >= 15 is 0 Å². The summed E-state index contributed by atoms with van der Waals surface area (Å²) in [6, 6.07) is 20.8. The lowest BCUT2D eigenvalue weighted by Gasteiger charge is -2.26. The summed E-state index contributed by atoms with van der Waals surface area (Å²) in [6.45, 7) is 3.14. The lowest BCUT2D eigenvalue weighted by atomic mass is 10.1. The summed E-state index contributed by atoms with van der Waals surface area (Å²) in [5.41, 5.74) is 2.26. The number of aromatic nitrogens is 3. The van der Waals surface area contributed by atoms with Crippen molar-refractivity contribution in [3.05, 3.63) is 78.1 Å². The van der Waals surface area contributed by atoms with Crippen molar-refractivity contribution < 1.29 is 4.79 Å². The van der Waals surface area contributed by atoms with Gasteiger partial charge >= 0.3 is 0 Å². The van der Waals surface area contributed by atoms with Crippen LogP contribution in [0.3, 0.4) is 0 Å². The molecular weight excluding hydrogens is 368 g/mol. The Morgan fingerprint density at radius 2 is 1.64 bits per heavy atom. The van der Waals surface area contributed by atoms with Crippen LogP contribution < -0.4 is 0 Å². The standard InChI is InChI=1S/C22H24N4OS/c1-17(28-22-24-23-16-26(22)20-12-13-20)21(27)25(14-18-8-4-2-5-9-18)15-19-10-6-3-7-11-19/h2-11,16-17,20H,12-15H2,1H3. The van der Waals surface area contributed by atoms with Crippen molar-refractivity contribution in [2.75, 3.05) is 0 Å². The van der Waals surface area contributed by atoms with E-state index in [9.17, 15) is 4.79 Å². The van der Waals surface area contributed by atoms with E-state index in [0.717, 1.165) is 16.3 Å². The molecule has 0 N–H and O–H groups in total. The van der Waals surface area contributed by atoms with Crippen LogP contribution in [0.5, 0.6) is 0 Å². The largest absolute Gasteiger partial charge is 0.333 e. The maximum atomic E-state index is 13.3. The SMILES string of the molecule is CC(Sc1nncn1C1CC1)C(=O)N(Cc1ccccc1)Cc1ccccc1. The van der Waals surface area contributed by atoms with Gasteiger partial charge in [0.2, 0.25) is 5.91 Å². The number of carbonyl (C=O) groups excluding carboxylic acids is 1. The zero-order chi connectivity index (χ0) is 19.3. The van der Waals surface area contributed by atoms with Crippen molar-refractivity contribution >= 4 is 17.7 Å². The lowest BCUT2D eigenvalue weighted by molar-refractivity contribution is -0.131. The predicted molar refractivity (Wildman–Crippen MR) is 111 cm³/mol. The van der Waals surface area contributed by atoms with Gasteiger partial charge in [-0.3, -0.25) is 4.79 Å². The van der Waals surface area contributed by atoms with Gasteiger partial charge in [0, 0.05) is 19.1 Å². The van der Waals surface area contributed by atoms with E-state index in [1.54, 1.807) is 6.33 Å². The van der Waals surface area contributed by atoms with E-state index in [2.05, 4.69) is 39.0 Å². The number of hydrogen-bond acceptors (Lipinski definition) is 4. The van der Waals surface area contributed by atoms with Gasteiger partial charge in [0.05, 0.1) is 5.25 Å². The molecule has 0 bridgehead atoms. The summed E-state index contributed by atoms with van der Waals surface area (Å²) in [4.78, 5) is 15.3. The second-order valence-electron chi connectivity index (χ2n) is 7.18. The predicted octanol–water partition coefficient (Wildman–Crippen LogP) is 4.32. The van der Waals surface area contributed by atoms with E-state index < -0.39 is 0 Å². The first-order valence-corrected chi connectivity index (χ1v) is 10.5. The molecule has 1 fully saturated rings. The third kappa shape index (κ3) is 4.62. The number of hydrogen-bond donors (Lipinski definition) is 0. The zero-order valence-electron chi connectivity index (χ0n) is 15.9. The first kappa shape index (κ1) is 18.7. The van der Waals surface area contributed by atoms with Crippen molar-refractivity contribution in [1.82, 2.24) is 19.7 Å². The molecule has 1 atom stereocenters. The molecule has 6 heteroatoms. The highest BCUT2D eigenvalue weighted by Gasteiger charge is 2.29. The second kappa shape index (κ2) is 8.61. The monoisotopic (exact) mass is 392 g/mol. The van der Waals surface area contributed by atoms with E-state index in [0.29, 0.717) is 19.1 Å². The molecule has 0 saturated heterocycles. The van der Waals surface area contributed by atoms with Gasteiger partial charge in [0.25, 0.3) is 0 Å². The highest BCUT2D eigenvalue weighted by molar-refractivity contribution is 8.00. The van der Waals surface area contributed by atoms with Crippen LogP contribution in [0.15, 0.2) is 72.1 Å². The summed E-state index contributed by atoms with van der Waals surface area (Å²) in [7, 11) is 0. The Bertz CT molecular complexity index is 867. The summed E-state index contributed by atoms with van der Waals surface area (Å²) in [6.07, 6.45) is 4.12. The number of rotatable bonds is 8. The first-order chi connectivity index (χ1) is 13.7. The van der Waals surface area contributed by atoms with Crippen LogP contribution in [0.2, 0.25) is 0 Å². The number of benzene rings is 2. The topological polar surface area (TPSA) is 51.0 Å². The van der Waals surface area contributed by atoms with Gasteiger partial charge in [-0.2, -0.15) is 0 Å². The molecule has 0 spiro atoms. The Kier molecular flexibility index (Phi) is 5.76. The maximum absolute atomic E-state index is 13.3. The zero-order valence-corrected chi connectivity index (χ0v) is 16.8. The third-order valence-electron chi connectivity index (χ3n) is 4.85. The van der Waals surface area contributed by atoms with Gasteiger partial charge in [-0.1, -0.05) is 72.4 Å². The van der Waals surface area contributed by atoms with Crippen LogP contribution in [-0.2, 0) is 17.9 Å². The molecule has 1 unspecified atom stereocenters. The minimum Gasteiger partial charge on any atom is -0.333 e. The average molecular weight is 393 g/mol. The molecular formula is C22H24N4OS. The van der Waals surface area contributed by atoms with Crippen LogP contribution in [0, 0.1) is 0 Å². The van der Waals surface area contributed by atoms with E-state index in [1.807, 2.05) is 48.2 Å². The fourth-order valence-corrected chi connectivity index (χ4v) is 4.18. The van der Waals surface area contributed by atoms with Crippen LogP contribution in [0.4, 0.5) is 0 Å². The van der Waals surface area contributed by atoms with Crippen molar-refractivity contribution in [2.24, 2.45) is 0 Å². The van der Waals surface area contributed by atoms with Crippen LogP contribution in [0.1, 0.15) is 36.9 Å². The molecule has 1 aliphatic carbocycles. The van der Waals surface area contributed by atoms with Crippen molar-refractivity contribution in [1.29, 1.82) is 0 Å². The summed E-state index contributed by atoms with van der Waals surface area (Å²) < 4.78 is 2.10. The summed E-state index contributed by atoms with van der Waals surface area (Å²) in [5.74, 6) is 0.114. The van der Waals surface area contributed by atoms with Crippen LogP contribution in [0.25, 0.3) is 0 Å². The number of amides is 1. The van der Waals surface area contributed by atoms with Gasteiger partial charge in [-0.05, 0) is 30.9 Å². The highest BCUT2D eigenvalue weighted by Crippen LogP contribution is 2.38. The molecule has 2 aromatic carbocycles. The smallest absolute Gasteiger partial charge is 0.236 e. The molecule has 0 radical (unpaired) electrons. The van der Waals surface area contributed by atoms with Gasteiger partial charge in [0.15, 0.2) is 5.16 Å². The molecule has 144 valence electrons. The van der Waals surface area contributed by atoms with E-state index in [1.165, 1.54) is 24.6 Å². The van der Waals surface area contributed by atoms with Gasteiger partial charge in [0.1, 0.15) is 6.33 Å². The van der Waals surface area contributed by atoms with Crippen LogP contribution in [-0.4, -0.2) is 30.8 Å². The quantitative estimate of drug-likeness (QED) is 0.536. The Hall–Kier alpha value is -2.60. The molecule has 4 rings (SSSR count).